The first-order valence-electron chi connectivity index (χ1n) is 6.24. The van der Waals surface area contributed by atoms with Gasteiger partial charge in [0, 0.05) is 26.1 Å². The smallest absolute Gasteiger partial charge is 0.356 e. The molecule has 1 fully saturated rings. The molecule has 2 N–H and O–H groups in total. The number of amides is 1. The summed E-state index contributed by atoms with van der Waals surface area (Å²) in [6.45, 7) is 2.10. The highest BCUT2D eigenvalue weighted by atomic mass is 16.4. The number of nitrogens with zero attached hydrogens (tertiary/aromatic N) is 3. The van der Waals surface area contributed by atoms with E-state index in [1.807, 2.05) is 4.90 Å². The molecule has 0 saturated carbocycles. The number of nitrogens with one attached hydrogen (secondary N) is 1. The fourth-order valence-corrected chi connectivity index (χ4v) is 1.98. The predicted molar refractivity (Wildman–Crippen MR) is 67.9 cm³/mol. The van der Waals surface area contributed by atoms with E-state index in [1.54, 1.807) is 0 Å². The van der Waals surface area contributed by atoms with Crippen LogP contribution in [-0.2, 0) is 4.79 Å². The zero-order valence-corrected chi connectivity index (χ0v) is 10.5. The maximum Gasteiger partial charge on any atom is 0.356 e. The molecule has 0 radical (unpaired) electrons. The first-order chi connectivity index (χ1) is 9.16. The third-order valence-electron chi connectivity index (χ3n) is 2.96. The van der Waals surface area contributed by atoms with E-state index in [-0.39, 0.29) is 11.6 Å². The van der Waals surface area contributed by atoms with Gasteiger partial charge in [-0.05, 0) is 12.8 Å². The minimum atomic E-state index is -1.12. The standard InChI is InChI=1S/C12H16N4O3/c17-11(16-5-1-2-6-16)3-4-14-10-8-13-7-9(15-10)12(18)19/h7-8H,1-6H2,(H,14,15)(H,18,19). The molecular weight excluding hydrogens is 248 g/mol. The van der Waals surface area contributed by atoms with Gasteiger partial charge in [-0.2, -0.15) is 0 Å². The van der Waals surface area contributed by atoms with Gasteiger partial charge in [0.1, 0.15) is 5.82 Å². The van der Waals surface area contributed by atoms with Gasteiger partial charge in [-0.3, -0.25) is 9.78 Å². The van der Waals surface area contributed by atoms with Crippen LogP contribution in [0.15, 0.2) is 12.4 Å². The fourth-order valence-electron chi connectivity index (χ4n) is 1.98. The highest BCUT2D eigenvalue weighted by molar-refractivity contribution is 5.85. The number of hydrogen-bond donors (Lipinski definition) is 2. The molecule has 0 unspecified atom stereocenters. The third kappa shape index (κ3) is 3.64. The molecule has 102 valence electrons. The molecule has 0 bridgehead atoms. The van der Waals surface area contributed by atoms with E-state index < -0.39 is 5.97 Å². The van der Waals surface area contributed by atoms with Gasteiger partial charge in [0.2, 0.25) is 5.91 Å². The second-order valence-corrected chi connectivity index (χ2v) is 4.36. The van der Waals surface area contributed by atoms with Gasteiger partial charge in [-0.25, -0.2) is 9.78 Å². The van der Waals surface area contributed by atoms with Crippen molar-refractivity contribution in [2.24, 2.45) is 0 Å². The van der Waals surface area contributed by atoms with Crippen LogP contribution >= 0.6 is 0 Å². The Hall–Kier alpha value is -2.18. The van der Waals surface area contributed by atoms with Gasteiger partial charge in [0.05, 0.1) is 12.4 Å². The number of aromatic carboxylic acids is 1. The Morgan fingerprint density at radius 2 is 2.05 bits per heavy atom. The lowest BCUT2D eigenvalue weighted by atomic mass is 10.3. The molecule has 1 aromatic rings. The molecule has 0 aliphatic carbocycles. The summed E-state index contributed by atoms with van der Waals surface area (Å²) >= 11 is 0. The highest BCUT2D eigenvalue weighted by Gasteiger charge is 2.17. The average molecular weight is 264 g/mol. The lowest BCUT2D eigenvalue weighted by Gasteiger charge is -2.15. The molecule has 1 aliphatic heterocycles. The van der Waals surface area contributed by atoms with Crippen molar-refractivity contribution in [2.75, 3.05) is 25.0 Å². The van der Waals surface area contributed by atoms with E-state index in [9.17, 15) is 9.59 Å². The Balaban J connectivity index is 1.80. The lowest BCUT2D eigenvalue weighted by molar-refractivity contribution is -0.129. The zero-order chi connectivity index (χ0) is 13.7. The van der Waals surface area contributed by atoms with Crippen LogP contribution < -0.4 is 5.32 Å². The Morgan fingerprint density at radius 3 is 2.74 bits per heavy atom. The number of anilines is 1. The van der Waals surface area contributed by atoms with Crippen molar-refractivity contribution in [3.8, 4) is 0 Å². The minimum Gasteiger partial charge on any atom is -0.476 e. The van der Waals surface area contributed by atoms with Crippen LogP contribution in [0, 0.1) is 0 Å². The number of hydrogen-bond acceptors (Lipinski definition) is 5. The molecule has 7 nitrogen and oxygen atoms in total. The van der Waals surface area contributed by atoms with E-state index in [4.69, 9.17) is 5.11 Å². The van der Waals surface area contributed by atoms with Crippen LogP contribution in [0.1, 0.15) is 29.8 Å². The van der Waals surface area contributed by atoms with Crippen LogP contribution in [0.4, 0.5) is 5.82 Å². The molecule has 0 spiro atoms. The summed E-state index contributed by atoms with van der Waals surface area (Å²) < 4.78 is 0. The maximum atomic E-state index is 11.8. The first kappa shape index (κ1) is 13.3. The number of carboxylic acid groups (broad SMARTS) is 1. The molecule has 1 saturated heterocycles. The SMILES string of the molecule is O=C(O)c1cncc(NCCC(=O)N2CCCC2)n1. The van der Waals surface area contributed by atoms with Gasteiger partial charge >= 0.3 is 5.97 Å². The normalized spacial score (nSPS) is 14.4. The van der Waals surface area contributed by atoms with E-state index in [0.29, 0.717) is 18.8 Å². The summed E-state index contributed by atoms with van der Waals surface area (Å²) in [5, 5.41) is 11.7. The van der Waals surface area contributed by atoms with Crippen LogP contribution in [-0.4, -0.2) is 51.5 Å². The van der Waals surface area contributed by atoms with Crippen molar-refractivity contribution in [3.05, 3.63) is 18.1 Å². The summed E-state index contributed by atoms with van der Waals surface area (Å²) in [5.41, 5.74) is -0.115. The number of aromatic nitrogens is 2. The van der Waals surface area contributed by atoms with Crippen molar-refractivity contribution in [1.29, 1.82) is 0 Å². The summed E-state index contributed by atoms with van der Waals surface area (Å²) in [4.78, 5) is 32.0. The number of rotatable bonds is 5. The molecule has 0 atom stereocenters. The number of likely N-dealkylation sites (tertiary alicyclic amines) is 1. The summed E-state index contributed by atoms with van der Waals surface area (Å²) in [5.74, 6) is -0.634. The third-order valence-corrected chi connectivity index (χ3v) is 2.96. The average Bonchev–Trinajstić information content (AvgIpc) is 2.93. The number of carboxylic acids is 1. The molecule has 7 heteroatoms. The van der Waals surface area contributed by atoms with Crippen LogP contribution in [0.5, 0.6) is 0 Å². The van der Waals surface area contributed by atoms with Crippen molar-refractivity contribution < 1.29 is 14.7 Å². The Morgan fingerprint density at radius 1 is 1.32 bits per heavy atom. The summed E-state index contributed by atoms with van der Waals surface area (Å²) in [6.07, 6.45) is 5.14. The Labute approximate surface area is 110 Å². The summed E-state index contributed by atoms with van der Waals surface area (Å²) in [6, 6.07) is 0. The van der Waals surface area contributed by atoms with Crippen molar-refractivity contribution >= 4 is 17.7 Å². The van der Waals surface area contributed by atoms with Gasteiger partial charge in [0.25, 0.3) is 0 Å². The van der Waals surface area contributed by atoms with Crippen molar-refractivity contribution in [2.45, 2.75) is 19.3 Å². The molecule has 2 rings (SSSR count). The minimum absolute atomic E-state index is 0.115. The van der Waals surface area contributed by atoms with Gasteiger partial charge < -0.3 is 15.3 Å². The molecule has 1 amide bonds. The van der Waals surface area contributed by atoms with Crippen molar-refractivity contribution in [1.82, 2.24) is 14.9 Å². The molecule has 1 aromatic heterocycles. The van der Waals surface area contributed by atoms with Gasteiger partial charge in [-0.15, -0.1) is 0 Å². The lowest BCUT2D eigenvalue weighted by Crippen LogP contribution is -2.29. The fraction of sp³-hybridized carbons (Fsp3) is 0.500. The van der Waals surface area contributed by atoms with Crippen LogP contribution in [0.25, 0.3) is 0 Å². The highest BCUT2D eigenvalue weighted by Crippen LogP contribution is 2.09. The maximum absolute atomic E-state index is 11.8. The summed E-state index contributed by atoms with van der Waals surface area (Å²) in [7, 11) is 0. The van der Waals surface area contributed by atoms with Crippen LogP contribution in [0.2, 0.25) is 0 Å². The predicted octanol–water partition coefficient (Wildman–Crippen LogP) is 0.599. The topological polar surface area (TPSA) is 95.4 Å². The second-order valence-electron chi connectivity index (χ2n) is 4.36. The monoisotopic (exact) mass is 264 g/mol. The first-order valence-corrected chi connectivity index (χ1v) is 6.24. The van der Waals surface area contributed by atoms with E-state index in [1.165, 1.54) is 12.4 Å². The van der Waals surface area contributed by atoms with E-state index in [2.05, 4.69) is 15.3 Å². The zero-order valence-electron chi connectivity index (χ0n) is 10.5. The Bertz CT molecular complexity index is 472. The van der Waals surface area contributed by atoms with E-state index >= 15 is 0 Å². The molecular formula is C12H16N4O3. The molecule has 1 aliphatic rings. The quantitative estimate of drug-likeness (QED) is 0.808. The largest absolute Gasteiger partial charge is 0.476 e. The van der Waals surface area contributed by atoms with E-state index in [0.717, 1.165) is 25.9 Å². The second kappa shape index (κ2) is 6.12. The molecule has 2 heterocycles. The van der Waals surface area contributed by atoms with Gasteiger partial charge in [-0.1, -0.05) is 0 Å². The van der Waals surface area contributed by atoms with Crippen LogP contribution in [0.3, 0.4) is 0 Å². The Kier molecular flexibility index (Phi) is 4.27. The number of carbonyl (C=O) groups excluding carboxylic acids is 1. The molecule has 0 aromatic carbocycles. The van der Waals surface area contributed by atoms with Crippen molar-refractivity contribution in [3.63, 3.8) is 0 Å². The number of carbonyl (C=O) groups is 2. The molecule has 19 heavy (non-hydrogen) atoms. The van der Waals surface area contributed by atoms with Gasteiger partial charge in [0.15, 0.2) is 5.69 Å².